The molecular formula is C94H120B2Br2O4. The first-order valence-corrected chi connectivity index (χ1v) is 41.8. The maximum atomic E-state index is 6.70. The minimum atomic E-state index is -0.596. The highest BCUT2D eigenvalue weighted by molar-refractivity contribution is 9.10. The van der Waals surface area contributed by atoms with Crippen LogP contribution in [0.3, 0.4) is 0 Å². The summed E-state index contributed by atoms with van der Waals surface area (Å²) in [5.74, 6) is 0. The molecule has 540 valence electrons. The van der Waals surface area contributed by atoms with Crippen molar-refractivity contribution in [1.82, 2.24) is 0 Å². The van der Waals surface area contributed by atoms with Gasteiger partial charge in [-0.2, -0.15) is 0 Å². The van der Waals surface area contributed by atoms with Crippen LogP contribution < -0.4 is 10.9 Å². The molecule has 0 N–H and O–H groups in total. The highest BCUT2D eigenvalue weighted by atomic mass is 79.9. The number of hydrogen-bond acceptors (Lipinski definition) is 4. The quantitative estimate of drug-likeness (QED) is 0.0298. The minimum absolute atomic E-state index is 0.365. The molecule has 2 heterocycles. The van der Waals surface area contributed by atoms with E-state index in [1.54, 1.807) is 0 Å². The first-order chi connectivity index (χ1) is 49.2. The molecule has 0 spiro atoms. The molecule has 0 aromatic heterocycles. The summed E-state index contributed by atoms with van der Waals surface area (Å²) in [6.07, 6.45) is 36.2. The van der Waals surface area contributed by atoms with Crippen LogP contribution in [0.25, 0.3) is 22.3 Å². The van der Waals surface area contributed by atoms with Crippen molar-refractivity contribution < 1.29 is 18.6 Å². The van der Waals surface area contributed by atoms with E-state index in [9.17, 15) is 0 Å². The highest BCUT2D eigenvalue weighted by Crippen LogP contribution is 2.59. The molecule has 12 rings (SSSR count). The van der Waals surface area contributed by atoms with Crippen molar-refractivity contribution in [1.29, 1.82) is 0 Å². The van der Waals surface area contributed by atoms with Gasteiger partial charge in [-0.25, -0.2) is 0 Å². The van der Waals surface area contributed by atoms with Gasteiger partial charge in [0.25, 0.3) is 0 Å². The Hall–Kier alpha value is -5.31. The van der Waals surface area contributed by atoms with Crippen LogP contribution in [0.4, 0.5) is 0 Å². The Bertz CT molecular complexity index is 3710. The molecule has 0 bridgehead atoms. The summed E-state index contributed by atoms with van der Waals surface area (Å²) in [7, 11) is -0.933. The largest absolute Gasteiger partial charge is 0.494 e. The lowest BCUT2D eigenvalue weighted by atomic mass is 9.65. The van der Waals surface area contributed by atoms with E-state index in [0.29, 0.717) is 0 Å². The molecule has 0 amide bonds. The van der Waals surface area contributed by atoms with Gasteiger partial charge in [-0.05, 0) is 231 Å². The zero-order chi connectivity index (χ0) is 72.1. The third-order valence-corrected chi connectivity index (χ3v) is 25.1. The summed E-state index contributed by atoms with van der Waals surface area (Å²) in [6.45, 7) is 26.2. The lowest BCUT2D eigenvalue weighted by Gasteiger charge is -2.35. The average Bonchev–Trinajstić information content (AvgIpc) is 1.51. The molecule has 0 saturated carbocycles. The molecule has 2 saturated heterocycles. The number of aryl methyl sites for hydroxylation is 4. The molecule has 0 unspecified atom stereocenters. The van der Waals surface area contributed by atoms with Crippen molar-refractivity contribution in [2.45, 2.75) is 296 Å². The van der Waals surface area contributed by atoms with Crippen LogP contribution in [0.5, 0.6) is 0 Å². The van der Waals surface area contributed by atoms with Crippen LogP contribution in [0, 0.1) is 0 Å². The van der Waals surface area contributed by atoms with E-state index >= 15 is 0 Å². The smallest absolute Gasteiger partial charge is 0.399 e. The van der Waals surface area contributed by atoms with Gasteiger partial charge in [0, 0.05) is 8.95 Å². The molecule has 4 aliphatic rings. The molecular weight excluding hydrogens is 1370 g/mol. The third-order valence-electron chi connectivity index (χ3n) is 24.1. The number of benzene rings is 8. The fourth-order valence-corrected chi connectivity index (χ4v) is 17.3. The van der Waals surface area contributed by atoms with Gasteiger partial charge in [-0.3, -0.25) is 0 Å². The number of halogens is 2. The number of unbranched alkanes of at least 4 members (excludes halogenated alkanes) is 20. The second kappa shape index (κ2) is 34.9. The lowest BCUT2D eigenvalue weighted by molar-refractivity contribution is 0.00578. The average molecular weight is 1500 g/mol. The van der Waals surface area contributed by atoms with Gasteiger partial charge in [0.1, 0.15) is 0 Å². The second-order valence-corrected chi connectivity index (χ2v) is 34.4. The van der Waals surface area contributed by atoms with Crippen molar-refractivity contribution in [3.05, 3.63) is 246 Å². The molecule has 4 nitrogen and oxygen atoms in total. The van der Waals surface area contributed by atoms with Crippen LogP contribution in [-0.2, 0) is 55.1 Å². The third kappa shape index (κ3) is 17.1. The molecule has 102 heavy (non-hydrogen) atoms. The predicted molar refractivity (Wildman–Crippen MR) is 443 cm³/mol. The van der Waals surface area contributed by atoms with Crippen LogP contribution in [-0.4, -0.2) is 36.6 Å². The van der Waals surface area contributed by atoms with E-state index in [4.69, 9.17) is 18.6 Å². The van der Waals surface area contributed by atoms with Crippen LogP contribution in [0.15, 0.2) is 179 Å². The lowest BCUT2D eigenvalue weighted by Crippen LogP contribution is -2.41. The maximum Gasteiger partial charge on any atom is 0.494 e. The summed E-state index contributed by atoms with van der Waals surface area (Å²) < 4.78 is 29.1. The van der Waals surface area contributed by atoms with E-state index in [2.05, 4.69) is 285 Å². The molecule has 2 fully saturated rings. The Kier molecular flexibility index (Phi) is 26.6. The fraction of sp³-hybridized carbons (Fsp3) is 0.489. The van der Waals surface area contributed by atoms with E-state index < -0.39 is 42.1 Å². The van der Waals surface area contributed by atoms with E-state index in [1.165, 1.54) is 243 Å². The van der Waals surface area contributed by atoms with Crippen molar-refractivity contribution in [3.8, 4) is 22.3 Å². The summed E-state index contributed by atoms with van der Waals surface area (Å²) in [6, 6.07) is 66.0. The Morgan fingerprint density at radius 3 is 0.716 bits per heavy atom. The number of hydrogen-bond donors (Lipinski definition) is 0. The van der Waals surface area contributed by atoms with Gasteiger partial charge in [-0.15, -0.1) is 0 Å². The fourth-order valence-electron chi connectivity index (χ4n) is 16.6. The molecule has 8 heteroatoms. The summed E-state index contributed by atoms with van der Waals surface area (Å²) in [5, 5.41) is 0. The summed E-state index contributed by atoms with van der Waals surface area (Å²) in [5.41, 5.74) is 20.7. The van der Waals surface area contributed by atoms with Gasteiger partial charge >= 0.3 is 14.2 Å². The first-order valence-electron chi connectivity index (χ1n) is 40.2. The van der Waals surface area contributed by atoms with Crippen molar-refractivity contribution in [2.24, 2.45) is 0 Å². The van der Waals surface area contributed by atoms with Gasteiger partial charge in [0.2, 0.25) is 0 Å². The Balaban J connectivity index is 0.000000215. The minimum Gasteiger partial charge on any atom is -0.399 e. The summed E-state index contributed by atoms with van der Waals surface area (Å²) >= 11 is 7.67. The van der Waals surface area contributed by atoms with Crippen LogP contribution in [0.2, 0.25) is 0 Å². The normalized spacial score (nSPS) is 16.7. The maximum absolute atomic E-state index is 6.70. The molecule has 8 aromatic carbocycles. The molecule has 0 atom stereocenters. The number of rotatable bonds is 34. The molecule has 8 aromatic rings. The standard InChI is InChI=1S/C53H72B2O4.C41H48Br2/c1-11-13-15-17-19-21-23-39-25-29-41(30-26-39)53(42-31-27-40(28-32-42)24-22-20-18-16-14-12-2)47-37-43(54-56-49(3,4)50(5,6)57-54)33-35-45(47)46-36-34-44(38-48(46)53)55-58-51(7,8)52(9,10)59-55;1-3-5-7-9-11-13-15-31-17-21-33(22-18-31)41(34-23-19-32(20-24-34)16-14-12-10-8-6-4-2)39-29-35(42)25-27-37(39)38-28-26-36(43)30-40(38)41/h25-38H,11-24H2,1-10H3;17-30H,3-16H2,1-2H3. The van der Waals surface area contributed by atoms with Crippen molar-refractivity contribution in [2.75, 3.05) is 0 Å². The molecule has 2 aliphatic heterocycles. The predicted octanol–water partition coefficient (Wildman–Crippen LogP) is 25.8. The van der Waals surface area contributed by atoms with Gasteiger partial charge in [-0.1, -0.05) is 334 Å². The second-order valence-electron chi connectivity index (χ2n) is 32.5. The monoisotopic (exact) mass is 1490 g/mol. The van der Waals surface area contributed by atoms with Crippen molar-refractivity contribution >= 4 is 57.0 Å². The Labute approximate surface area is 635 Å². The first kappa shape index (κ1) is 77.8. The highest BCUT2D eigenvalue weighted by Gasteiger charge is 2.55. The zero-order valence-corrected chi connectivity index (χ0v) is 67.7. The Morgan fingerprint density at radius 1 is 0.255 bits per heavy atom. The van der Waals surface area contributed by atoms with Crippen LogP contribution in [0.1, 0.15) is 304 Å². The van der Waals surface area contributed by atoms with Gasteiger partial charge in [0.15, 0.2) is 0 Å². The van der Waals surface area contributed by atoms with E-state index in [-0.39, 0.29) is 5.41 Å². The van der Waals surface area contributed by atoms with Gasteiger partial charge in [0.05, 0.1) is 33.2 Å². The van der Waals surface area contributed by atoms with Crippen LogP contribution >= 0.6 is 31.9 Å². The summed E-state index contributed by atoms with van der Waals surface area (Å²) in [4.78, 5) is 0. The van der Waals surface area contributed by atoms with Crippen molar-refractivity contribution in [3.63, 3.8) is 0 Å². The number of fused-ring (bicyclic) bond motifs is 6. The zero-order valence-electron chi connectivity index (χ0n) is 64.5. The van der Waals surface area contributed by atoms with E-state index in [0.717, 1.165) is 45.6 Å². The molecule has 0 radical (unpaired) electrons. The topological polar surface area (TPSA) is 36.9 Å². The SMILES string of the molecule is CCCCCCCCc1ccc(C2(c3ccc(CCCCCCCC)cc3)c3cc(B4OC(C)(C)C(C)(C)O4)ccc3-c3ccc(B4OC(C)(C)C(C)(C)O4)cc32)cc1.CCCCCCCCc1ccc(C2(c3ccc(CCCCCCCC)cc3)c3cc(Br)ccc3-c3ccc(Br)cc32)cc1. The Morgan fingerprint density at radius 2 is 0.471 bits per heavy atom. The molecule has 2 aliphatic carbocycles. The van der Waals surface area contributed by atoms with Gasteiger partial charge < -0.3 is 18.6 Å². The van der Waals surface area contributed by atoms with E-state index in [1.807, 2.05) is 0 Å².